The van der Waals surface area contributed by atoms with E-state index in [0.29, 0.717) is 27.7 Å². The van der Waals surface area contributed by atoms with Gasteiger partial charge in [0.15, 0.2) is 0 Å². The van der Waals surface area contributed by atoms with Crippen LogP contribution in [0.25, 0.3) is 0 Å². The summed E-state index contributed by atoms with van der Waals surface area (Å²) >= 11 is 12.8. The molecule has 0 aliphatic rings. The SMILES string of the molecule is CC[C@H](C(=O)N[C@@H](C)CC)N(Cc1c(Cl)cccc1Cl)C(=O)CN(c1ccccc1C(C)C)S(C)(=O)=O. The van der Waals surface area contributed by atoms with Crippen LogP contribution < -0.4 is 9.62 Å². The molecule has 0 bridgehead atoms. The number of hydrogen-bond donors (Lipinski definition) is 1. The van der Waals surface area contributed by atoms with Gasteiger partial charge in [0.2, 0.25) is 21.8 Å². The van der Waals surface area contributed by atoms with Crippen molar-refractivity contribution >= 4 is 50.7 Å². The number of carbonyl (C=O) groups excluding carboxylic acids is 2. The van der Waals surface area contributed by atoms with Crippen LogP contribution in [0.2, 0.25) is 10.0 Å². The fourth-order valence-electron chi connectivity index (χ4n) is 4.01. The normalized spacial score (nSPS) is 13.2. The predicted octanol–water partition coefficient (Wildman–Crippen LogP) is 5.60. The van der Waals surface area contributed by atoms with Gasteiger partial charge < -0.3 is 10.2 Å². The molecular formula is C27H37Cl2N3O4S. The van der Waals surface area contributed by atoms with Gasteiger partial charge in [0, 0.05) is 28.2 Å². The van der Waals surface area contributed by atoms with Crippen molar-refractivity contribution in [1.29, 1.82) is 0 Å². The maximum Gasteiger partial charge on any atom is 0.244 e. The number of anilines is 1. The minimum Gasteiger partial charge on any atom is -0.352 e. The number of hydrogen-bond acceptors (Lipinski definition) is 4. The van der Waals surface area contributed by atoms with Crippen LogP contribution in [-0.2, 0) is 26.2 Å². The van der Waals surface area contributed by atoms with Gasteiger partial charge in [0.25, 0.3) is 0 Å². The molecule has 0 aliphatic heterocycles. The maximum atomic E-state index is 13.9. The molecule has 0 radical (unpaired) electrons. The van der Waals surface area contributed by atoms with Crippen LogP contribution in [0.4, 0.5) is 5.69 Å². The molecule has 2 atom stereocenters. The highest BCUT2D eigenvalue weighted by Gasteiger charge is 2.33. The van der Waals surface area contributed by atoms with Crippen molar-refractivity contribution < 1.29 is 18.0 Å². The maximum absolute atomic E-state index is 13.9. The third-order valence-electron chi connectivity index (χ3n) is 6.28. The quantitative estimate of drug-likeness (QED) is 0.360. The number of halogens is 2. The van der Waals surface area contributed by atoms with Crippen molar-refractivity contribution in [3.05, 3.63) is 63.6 Å². The largest absolute Gasteiger partial charge is 0.352 e. The Morgan fingerprint density at radius 3 is 2.05 bits per heavy atom. The highest BCUT2D eigenvalue weighted by atomic mass is 35.5. The molecule has 0 unspecified atom stereocenters. The predicted molar refractivity (Wildman–Crippen MR) is 152 cm³/mol. The molecule has 0 aliphatic carbocycles. The summed E-state index contributed by atoms with van der Waals surface area (Å²) in [6.07, 6.45) is 2.11. The van der Waals surface area contributed by atoms with Gasteiger partial charge in [-0.05, 0) is 49.4 Å². The van der Waals surface area contributed by atoms with Crippen molar-refractivity contribution in [2.24, 2.45) is 0 Å². The zero-order valence-electron chi connectivity index (χ0n) is 22.3. The number of sulfonamides is 1. The van der Waals surface area contributed by atoms with E-state index in [-0.39, 0.29) is 24.4 Å². The molecule has 0 saturated carbocycles. The fraction of sp³-hybridized carbons (Fsp3) is 0.481. The number of nitrogens with one attached hydrogen (secondary N) is 1. The highest BCUT2D eigenvalue weighted by molar-refractivity contribution is 7.92. The Bertz CT molecular complexity index is 1180. The van der Waals surface area contributed by atoms with Gasteiger partial charge in [-0.25, -0.2) is 8.42 Å². The van der Waals surface area contributed by atoms with Crippen molar-refractivity contribution in [3.63, 3.8) is 0 Å². The molecule has 0 aromatic heterocycles. The van der Waals surface area contributed by atoms with E-state index < -0.39 is 28.5 Å². The molecule has 2 rings (SSSR count). The molecule has 0 heterocycles. The van der Waals surface area contributed by atoms with Gasteiger partial charge in [-0.2, -0.15) is 0 Å². The summed E-state index contributed by atoms with van der Waals surface area (Å²) in [5.74, 6) is -0.828. The third kappa shape index (κ3) is 8.09. The van der Waals surface area contributed by atoms with Gasteiger partial charge in [-0.15, -0.1) is 0 Å². The summed E-state index contributed by atoms with van der Waals surface area (Å²) < 4.78 is 26.9. The topological polar surface area (TPSA) is 86.8 Å². The molecule has 0 saturated heterocycles. The Labute approximate surface area is 231 Å². The molecule has 0 spiro atoms. The van der Waals surface area contributed by atoms with Crippen LogP contribution in [0.3, 0.4) is 0 Å². The summed E-state index contributed by atoms with van der Waals surface area (Å²) in [7, 11) is -3.83. The van der Waals surface area contributed by atoms with E-state index in [0.717, 1.165) is 22.5 Å². The van der Waals surface area contributed by atoms with Crippen LogP contribution >= 0.6 is 23.2 Å². The zero-order valence-corrected chi connectivity index (χ0v) is 24.6. The summed E-state index contributed by atoms with van der Waals surface area (Å²) in [4.78, 5) is 28.5. The Hall–Kier alpha value is -2.29. The van der Waals surface area contributed by atoms with E-state index in [1.165, 1.54) is 4.90 Å². The van der Waals surface area contributed by atoms with Crippen LogP contribution in [-0.4, -0.2) is 50.0 Å². The Balaban J connectivity index is 2.57. The molecule has 0 fully saturated rings. The number of rotatable bonds is 12. The van der Waals surface area contributed by atoms with Gasteiger partial charge in [0.05, 0.1) is 11.9 Å². The zero-order chi connectivity index (χ0) is 27.9. The van der Waals surface area contributed by atoms with E-state index in [1.54, 1.807) is 37.3 Å². The van der Waals surface area contributed by atoms with Crippen molar-refractivity contribution in [2.45, 2.75) is 72.0 Å². The lowest BCUT2D eigenvalue weighted by atomic mass is 10.0. The lowest BCUT2D eigenvalue weighted by molar-refractivity contribution is -0.140. The second-order valence-corrected chi connectivity index (χ2v) is 12.2. The molecule has 2 aromatic rings. The first kappa shape index (κ1) is 30.9. The van der Waals surface area contributed by atoms with Crippen molar-refractivity contribution in [1.82, 2.24) is 10.2 Å². The van der Waals surface area contributed by atoms with Crippen molar-refractivity contribution in [2.75, 3.05) is 17.1 Å². The van der Waals surface area contributed by atoms with E-state index >= 15 is 0 Å². The molecule has 204 valence electrons. The molecule has 10 heteroatoms. The summed E-state index contributed by atoms with van der Waals surface area (Å²) in [6, 6.07) is 11.2. The minimum atomic E-state index is -3.83. The Morgan fingerprint density at radius 1 is 0.946 bits per heavy atom. The number of para-hydroxylation sites is 1. The van der Waals surface area contributed by atoms with Gasteiger partial charge in [-0.1, -0.05) is 75.2 Å². The molecule has 37 heavy (non-hydrogen) atoms. The van der Waals surface area contributed by atoms with E-state index in [1.807, 2.05) is 39.8 Å². The molecule has 2 aromatic carbocycles. The number of benzene rings is 2. The third-order valence-corrected chi connectivity index (χ3v) is 8.12. The first-order chi connectivity index (χ1) is 17.3. The van der Waals surface area contributed by atoms with E-state index in [9.17, 15) is 18.0 Å². The van der Waals surface area contributed by atoms with E-state index in [2.05, 4.69) is 5.32 Å². The summed E-state index contributed by atoms with van der Waals surface area (Å²) in [6.45, 7) is 9.03. The number of carbonyl (C=O) groups is 2. The minimum absolute atomic E-state index is 0.0262. The molecule has 7 nitrogen and oxygen atoms in total. The molecule has 2 amide bonds. The van der Waals surface area contributed by atoms with E-state index in [4.69, 9.17) is 23.2 Å². The van der Waals surface area contributed by atoms with Crippen LogP contribution in [0, 0.1) is 0 Å². The van der Waals surface area contributed by atoms with Crippen LogP contribution in [0.15, 0.2) is 42.5 Å². The smallest absolute Gasteiger partial charge is 0.244 e. The van der Waals surface area contributed by atoms with Gasteiger partial charge >= 0.3 is 0 Å². The Kier molecular flexibility index (Phi) is 11.3. The molecule has 1 N–H and O–H groups in total. The van der Waals surface area contributed by atoms with Gasteiger partial charge in [0.1, 0.15) is 12.6 Å². The van der Waals surface area contributed by atoms with Crippen LogP contribution in [0.1, 0.15) is 64.5 Å². The highest BCUT2D eigenvalue weighted by Crippen LogP contribution is 2.30. The molecular weight excluding hydrogens is 533 g/mol. The first-order valence-corrected chi connectivity index (χ1v) is 15.0. The average molecular weight is 571 g/mol. The number of nitrogens with zero attached hydrogens (tertiary/aromatic N) is 2. The standard InChI is InChI=1S/C27H37Cl2N3O4S/c1-7-19(5)30-27(34)24(8-2)31(16-21-22(28)13-11-14-23(21)29)26(33)17-32(37(6,35)36)25-15-10-9-12-20(25)18(3)4/h9-15,18-19,24H,7-8,16-17H2,1-6H3,(H,30,34)/t19-,24+/m0/s1. The number of amides is 2. The second kappa shape index (κ2) is 13.5. The summed E-state index contributed by atoms with van der Waals surface area (Å²) in [5, 5.41) is 3.65. The lowest BCUT2D eigenvalue weighted by Gasteiger charge is -2.34. The lowest BCUT2D eigenvalue weighted by Crippen LogP contribution is -2.53. The summed E-state index contributed by atoms with van der Waals surface area (Å²) in [5.41, 5.74) is 1.71. The monoisotopic (exact) mass is 569 g/mol. The van der Waals surface area contributed by atoms with Crippen LogP contribution in [0.5, 0.6) is 0 Å². The average Bonchev–Trinajstić information content (AvgIpc) is 2.83. The fourth-order valence-corrected chi connectivity index (χ4v) is 5.40. The van der Waals surface area contributed by atoms with Gasteiger partial charge in [-0.3, -0.25) is 13.9 Å². The Morgan fingerprint density at radius 2 is 1.54 bits per heavy atom. The first-order valence-electron chi connectivity index (χ1n) is 12.4. The second-order valence-electron chi connectivity index (χ2n) is 9.45. The van der Waals surface area contributed by atoms with Crippen molar-refractivity contribution in [3.8, 4) is 0 Å².